The summed E-state index contributed by atoms with van der Waals surface area (Å²) in [6.45, 7) is 7.75. The van der Waals surface area contributed by atoms with Crippen LogP contribution in [0.5, 0.6) is 0 Å². The number of nitrogens with two attached hydrogens (primary N) is 3. The predicted molar refractivity (Wildman–Crippen MR) is 162 cm³/mol. The highest BCUT2D eigenvalue weighted by atomic mass is 16.4. The van der Waals surface area contributed by atoms with Gasteiger partial charge in [-0.3, -0.25) is 19.4 Å². The van der Waals surface area contributed by atoms with Crippen LogP contribution in [0.4, 0.5) is 0 Å². The van der Waals surface area contributed by atoms with Crippen LogP contribution in [0.2, 0.25) is 0 Å². The lowest BCUT2D eigenvalue weighted by Crippen LogP contribution is -2.59. The van der Waals surface area contributed by atoms with Gasteiger partial charge in [0, 0.05) is 30.1 Å². The largest absolute Gasteiger partial charge is 0.480 e. The van der Waals surface area contributed by atoms with E-state index in [4.69, 9.17) is 17.2 Å². The highest BCUT2D eigenvalue weighted by molar-refractivity contribution is 5.94. The number of hydrogen-bond donors (Lipinski definition) is 8. The Bertz CT molecular complexity index is 1240. The summed E-state index contributed by atoms with van der Waals surface area (Å²) in [5.41, 5.74) is 18.4. The van der Waals surface area contributed by atoms with Crippen molar-refractivity contribution < 1.29 is 24.3 Å². The molecule has 0 spiro atoms. The van der Waals surface area contributed by atoms with Crippen molar-refractivity contribution in [2.75, 3.05) is 6.54 Å². The highest BCUT2D eigenvalue weighted by Crippen LogP contribution is 2.19. The van der Waals surface area contributed by atoms with Gasteiger partial charge in [-0.2, -0.15) is 0 Å². The Hall–Kier alpha value is -4.13. The molecule has 0 aliphatic rings. The molecule has 11 N–H and O–H groups in total. The third kappa shape index (κ3) is 10.4. The lowest BCUT2D eigenvalue weighted by atomic mass is 9.96. The van der Waals surface area contributed by atoms with E-state index in [-0.39, 0.29) is 37.2 Å². The van der Waals surface area contributed by atoms with E-state index in [0.717, 1.165) is 16.5 Å². The molecule has 0 radical (unpaired) electrons. The first kappa shape index (κ1) is 34.1. The van der Waals surface area contributed by atoms with E-state index in [9.17, 15) is 24.3 Å². The van der Waals surface area contributed by atoms with Gasteiger partial charge in [0.05, 0.1) is 6.04 Å². The molecule has 5 unspecified atom stereocenters. The SMILES string of the molecule is CCC(C)C(NC(=O)C(CCCN=C(N)N)NC(=O)C(N)CC(C)C)C(=O)NC(Cc1c[nH]c2ccccc12)C(=O)O. The molecule has 2 rings (SSSR count). The summed E-state index contributed by atoms with van der Waals surface area (Å²) in [7, 11) is 0. The number of nitrogens with one attached hydrogen (secondary N) is 4. The van der Waals surface area contributed by atoms with Gasteiger partial charge < -0.3 is 43.2 Å². The van der Waals surface area contributed by atoms with Crippen molar-refractivity contribution in [2.24, 2.45) is 34.0 Å². The molecule has 0 aliphatic heterocycles. The van der Waals surface area contributed by atoms with Crippen LogP contribution in [0.3, 0.4) is 0 Å². The molecule has 1 aromatic carbocycles. The zero-order valence-corrected chi connectivity index (χ0v) is 24.9. The number of carboxylic acids is 1. The van der Waals surface area contributed by atoms with E-state index >= 15 is 0 Å². The van der Waals surface area contributed by atoms with Crippen LogP contribution in [0.1, 0.15) is 58.9 Å². The minimum atomic E-state index is -1.23. The maximum Gasteiger partial charge on any atom is 0.326 e. The fraction of sp³-hybridized carbons (Fsp3) is 0.552. The summed E-state index contributed by atoms with van der Waals surface area (Å²) in [4.78, 5) is 58.9. The van der Waals surface area contributed by atoms with Crippen LogP contribution < -0.4 is 33.2 Å². The van der Waals surface area contributed by atoms with Crippen LogP contribution >= 0.6 is 0 Å². The third-order valence-corrected chi connectivity index (χ3v) is 7.15. The second-order valence-electron chi connectivity index (χ2n) is 11.1. The van der Waals surface area contributed by atoms with Crippen LogP contribution in [-0.4, -0.2) is 70.5 Å². The van der Waals surface area contributed by atoms with Gasteiger partial charge >= 0.3 is 5.97 Å². The Morgan fingerprint density at radius 2 is 1.64 bits per heavy atom. The van der Waals surface area contributed by atoms with Gasteiger partial charge in [0.2, 0.25) is 17.7 Å². The molecule has 0 saturated heterocycles. The molecule has 1 heterocycles. The van der Waals surface area contributed by atoms with Gasteiger partial charge in [0.25, 0.3) is 0 Å². The quantitative estimate of drug-likeness (QED) is 0.0746. The number of carbonyl (C=O) groups is 4. The molecule has 1 aromatic heterocycles. The van der Waals surface area contributed by atoms with Crippen LogP contribution in [-0.2, 0) is 25.6 Å². The van der Waals surface area contributed by atoms with E-state index in [1.54, 1.807) is 13.1 Å². The number of aliphatic carboxylic acids is 1. The second kappa shape index (κ2) is 16.3. The Morgan fingerprint density at radius 1 is 0.976 bits per heavy atom. The van der Waals surface area contributed by atoms with Gasteiger partial charge in [0.1, 0.15) is 18.1 Å². The monoisotopic (exact) mass is 586 g/mol. The summed E-state index contributed by atoms with van der Waals surface area (Å²) in [5.74, 6) is -3.16. The van der Waals surface area contributed by atoms with E-state index in [0.29, 0.717) is 19.3 Å². The van der Waals surface area contributed by atoms with Gasteiger partial charge in [-0.05, 0) is 42.7 Å². The topological polar surface area (TPSA) is 231 Å². The first-order chi connectivity index (χ1) is 19.8. The molecule has 0 fully saturated rings. The minimum Gasteiger partial charge on any atom is -0.480 e. The molecular formula is C29H46N8O5. The fourth-order valence-electron chi connectivity index (χ4n) is 4.60. The molecular weight excluding hydrogens is 540 g/mol. The van der Waals surface area contributed by atoms with E-state index in [2.05, 4.69) is 25.9 Å². The van der Waals surface area contributed by atoms with Gasteiger partial charge in [0.15, 0.2) is 5.96 Å². The van der Waals surface area contributed by atoms with E-state index in [1.165, 1.54) is 0 Å². The number of carbonyl (C=O) groups excluding carboxylic acids is 3. The number of carboxylic acid groups (broad SMARTS) is 1. The number of hydrogen-bond acceptors (Lipinski definition) is 6. The van der Waals surface area contributed by atoms with Gasteiger partial charge in [-0.15, -0.1) is 0 Å². The number of rotatable bonds is 17. The minimum absolute atomic E-state index is 0.0451. The van der Waals surface area contributed by atoms with Crippen LogP contribution in [0, 0.1) is 11.8 Å². The lowest BCUT2D eigenvalue weighted by Gasteiger charge is -2.28. The fourth-order valence-corrected chi connectivity index (χ4v) is 4.60. The van der Waals surface area contributed by atoms with Crippen molar-refractivity contribution in [3.8, 4) is 0 Å². The Balaban J connectivity index is 2.21. The maximum absolute atomic E-state index is 13.5. The molecule has 3 amide bonds. The molecule has 232 valence electrons. The number of amides is 3. The number of guanidine groups is 1. The normalized spacial score (nSPS) is 14.8. The van der Waals surface area contributed by atoms with E-state index in [1.807, 2.05) is 45.0 Å². The first-order valence-electron chi connectivity index (χ1n) is 14.3. The third-order valence-electron chi connectivity index (χ3n) is 7.15. The number of nitrogens with zero attached hydrogens (tertiary/aromatic N) is 1. The molecule has 13 heteroatoms. The Kier molecular flexibility index (Phi) is 13.3. The smallest absolute Gasteiger partial charge is 0.326 e. The average molecular weight is 587 g/mol. The molecule has 0 saturated carbocycles. The Labute approximate surface area is 246 Å². The lowest BCUT2D eigenvalue weighted by molar-refractivity contribution is -0.142. The zero-order valence-electron chi connectivity index (χ0n) is 24.9. The van der Waals surface area contributed by atoms with Crippen LogP contribution in [0.15, 0.2) is 35.5 Å². The summed E-state index contributed by atoms with van der Waals surface area (Å²) in [5, 5.41) is 18.8. The molecule has 2 aromatic rings. The highest BCUT2D eigenvalue weighted by Gasteiger charge is 2.33. The number of H-pyrrole nitrogens is 1. The molecule has 13 nitrogen and oxygen atoms in total. The number of aromatic nitrogens is 1. The zero-order chi connectivity index (χ0) is 31.4. The first-order valence-corrected chi connectivity index (χ1v) is 14.3. The van der Waals surface area contributed by atoms with Crippen molar-refractivity contribution in [3.05, 3.63) is 36.0 Å². The number of para-hydroxylation sites is 1. The second-order valence-corrected chi connectivity index (χ2v) is 11.1. The van der Waals surface area contributed by atoms with Crippen molar-refractivity contribution in [1.82, 2.24) is 20.9 Å². The number of aromatic amines is 1. The van der Waals surface area contributed by atoms with Crippen molar-refractivity contribution in [3.63, 3.8) is 0 Å². The Morgan fingerprint density at radius 3 is 2.26 bits per heavy atom. The summed E-state index contributed by atoms with van der Waals surface area (Å²) in [6, 6.07) is 3.37. The van der Waals surface area contributed by atoms with E-state index < -0.39 is 47.9 Å². The summed E-state index contributed by atoms with van der Waals surface area (Å²) >= 11 is 0. The number of benzene rings is 1. The van der Waals surface area contributed by atoms with Crippen molar-refractivity contribution in [2.45, 2.75) is 84.0 Å². The predicted octanol–water partition coefficient (Wildman–Crippen LogP) is 0.723. The maximum atomic E-state index is 13.5. The molecule has 5 atom stereocenters. The average Bonchev–Trinajstić information content (AvgIpc) is 3.34. The van der Waals surface area contributed by atoms with Crippen molar-refractivity contribution >= 4 is 40.6 Å². The molecule has 42 heavy (non-hydrogen) atoms. The van der Waals surface area contributed by atoms with Gasteiger partial charge in [-0.1, -0.05) is 52.3 Å². The van der Waals surface area contributed by atoms with Crippen molar-refractivity contribution in [1.29, 1.82) is 0 Å². The molecule has 0 bridgehead atoms. The standard InChI is InChI=1S/C29H46N8O5/c1-5-17(4)24(27(40)36-23(28(41)42)14-18-15-34-21-10-7-6-9-19(18)21)37-26(39)22(11-8-12-33-29(31)32)35-25(38)20(30)13-16(2)3/h6-7,9-10,15-17,20,22-24,34H,5,8,11-14,30H2,1-4H3,(H,35,38)(H,36,40)(H,37,39)(H,41,42)(H4,31,32,33). The van der Waals surface area contributed by atoms with Gasteiger partial charge in [-0.25, -0.2) is 4.79 Å². The summed E-state index contributed by atoms with van der Waals surface area (Å²) < 4.78 is 0. The summed E-state index contributed by atoms with van der Waals surface area (Å²) in [6.07, 6.45) is 3.29. The molecule has 0 aliphatic carbocycles. The number of fused-ring (bicyclic) bond motifs is 1. The number of aliphatic imine (C=N–C) groups is 1. The van der Waals surface area contributed by atoms with Crippen LogP contribution in [0.25, 0.3) is 10.9 Å².